The average Bonchev–Trinajstić information content (AvgIpc) is 3.01. The molecule has 0 fully saturated rings. The van der Waals surface area contributed by atoms with Gasteiger partial charge < -0.3 is 5.11 Å². The summed E-state index contributed by atoms with van der Waals surface area (Å²) in [6.07, 6.45) is 0.935. The summed E-state index contributed by atoms with van der Waals surface area (Å²) < 4.78 is 1.88. The van der Waals surface area contributed by atoms with Crippen LogP contribution < -0.4 is 0 Å². The number of carbonyl (C=O) groups is 1. The van der Waals surface area contributed by atoms with Crippen LogP contribution in [0.2, 0.25) is 0 Å². The minimum Gasteiger partial charge on any atom is -0.511 e. The summed E-state index contributed by atoms with van der Waals surface area (Å²) in [5.74, 6) is 0.236. The van der Waals surface area contributed by atoms with Gasteiger partial charge in [0.1, 0.15) is 5.76 Å². The van der Waals surface area contributed by atoms with Crippen molar-refractivity contribution >= 4 is 39.1 Å². The number of nitrogens with zero attached hydrogens (tertiary/aromatic N) is 1. The number of fused-ring (bicyclic) bond motifs is 1. The van der Waals surface area contributed by atoms with Gasteiger partial charge in [-0.15, -0.1) is 11.3 Å². The normalized spacial score (nSPS) is 18.3. The molecule has 1 aromatic heterocycles. The Labute approximate surface area is 148 Å². The molecule has 5 heteroatoms. The number of hydrogen-bond acceptors (Lipinski definition) is 5. The molecule has 3 nitrogen and oxygen atoms in total. The van der Waals surface area contributed by atoms with Crippen LogP contribution in [0.1, 0.15) is 24.3 Å². The first-order chi connectivity index (χ1) is 11.7. The largest absolute Gasteiger partial charge is 0.511 e. The number of rotatable bonds is 3. The molecular formula is C19H15NO2S2. The number of para-hydroxylation sites is 1. The number of thioether (sulfide) groups is 1. The van der Waals surface area contributed by atoms with Gasteiger partial charge >= 0.3 is 0 Å². The first-order valence-corrected chi connectivity index (χ1v) is 9.37. The maximum Gasteiger partial charge on any atom is 0.173 e. The molecule has 3 aromatic rings. The number of aliphatic hydroxyl groups excluding tert-OH is 1. The molecule has 1 aliphatic carbocycles. The quantitative estimate of drug-likeness (QED) is 0.694. The van der Waals surface area contributed by atoms with Crippen molar-refractivity contribution in [3.63, 3.8) is 0 Å². The Kier molecular flexibility index (Phi) is 4.12. The summed E-state index contributed by atoms with van der Waals surface area (Å²) in [4.78, 5) is 17.5. The third kappa shape index (κ3) is 2.97. The van der Waals surface area contributed by atoms with Gasteiger partial charge in [-0.1, -0.05) is 54.2 Å². The fourth-order valence-electron chi connectivity index (χ4n) is 2.93. The molecule has 0 bridgehead atoms. The predicted octanol–water partition coefficient (Wildman–Crippen LogP) is 5.30. The lowest BCUT2D eigenvalue weighted by Crippen LogP contribution is -2.16. The van der Waals surface area contributed by atoms with E-state index in [-0.39, 0.29) is 17.5 Å². The molecule has 1 heterocycles. The third-order valence-corrected chi connectivity index (χ3v) is 6.39. The van der Waals surface area contributed by atoms with Gasteiger partial charge in [-0.05, 0) is 23.6 Å². The SMILES string of the molecule is O=C1CC(c2ccccc2)CC(O)=C1Sc1nc2ccccc2s1. The van der Waals surface area contributed by atoms with Crippen LogP contribution in [0, 0.1) is 0 Å². The molecule has 0 amide bonds. The van der Waals surface area contributed by atoms with Crippen molar-refractivity contribution in [1.29, 1.82) is 0 Å². The van der Waals surface area contributed by atoms with Gasteiger partial charge in [-0.2, -0.15) is 0 Å². The molecule has 120 valence electrons. The van der Waals surface area contributed by atoms with Gasteiger partial charge in [-0.3, -0.25) is 4.79 Å². The number of hydrogen-bond donors (Lipinski definition) is 1. The topological polar surface area (TPSA) is 50.2 Å². The van der Waals surface area contributed by atoms with Crippen molar-refractivity contribution in [2.45, 2.75) is 23.1 Å². The zero-order valence-corrected chi connectivity index (χ0v) is 14.4. The first-order valence-electron chi connectivity index (χ1n) is 7.74. The second kappa shape index (κ2) is 6.42. The second-order valence-electron chi connectivity index (χ2n) is 5.76. The van der Waals surface area contributed by atoms with Crippen molar-refractivity contribution in [3.05, 3.63) is 70.8 Å². The van der Waals surface area contributed by atoms with Crippen LogP contribution in [-0.4, -0.2) is 15.9 Å². The fourth-order valence-corrected chi connectivity index (χ4v) is 5.03. The molecule has 24 heavy (non-hydrogen) atoms. The maximum atomic E-state index is 12.5. The van der Waals surface area contributed by atoms with Crippen LogP contribution >= 0.6 is 23.1 Å². The summed E-state index contributed by atoms with van der Waals surface area (Å²) in [5.41, 5.74) is 2.02. The molecule has 4 rings (SSSR count). The number of thiazole rings is 1. The van der Waals surface area contributed by atoms with E-state index in [4.69, 9.17) is 0 Å². The highest BCUT2D eigenvalue weighted by Crippen LogP contribution is 2.41. The molecule has 1 atom stereocenters. The highest BCUT2D eigenvalue weighted by Gasteiger charge is 2.29. The number of ketones is 1. The smallest absolute Gasteiger partial charge is 0.173 e. The Morgan fingerprint density at radius 3 is 2.54 bits per heavy atom. The lowest BCUT2D eigenvalue weighted by atomic mass is 9.86. The van der Waals surface area contributed by atoms with E-state index in [9.17, 15) is 9.90 Å². The molecule has 1 aliphatic rings. The number of Topliss-reactive ketones (excluding diaryl/α,β-unsaturated/α-hetero) is 1. The van der Waals surface area contributed by atoms with E-state index in [2.05, 4.69) is 4.98 Å². The molecule has 2 aromatic carbocycles. The molecular weight excluding hydrogens is 338 g/mol. The van der Waals surface area contributed by atoms with E-state index in [1.807, 2.05) is 54.6 Å². The Hall–Kier alpha value is -2.11. The van der Waals surface area contributed by atoms with Crippen molar-refractivity contribution in [1.82, 2.24) is 4.98 Å². The molecule has 0 radical (unpaired) electrons. The number of aromatic nitrogens is 1. The summed E-state index contributed by atoms with van der Waals surface area (Å²) >= 11 is 2.84. The molecule has 0 spiro atoms. The average molecular weight is 353 g/mol. The summed E-state index contributed by atoms with van der Waals surface area (Å²) in [6, 6.07) is 17.8. The minimum atomic E-state index is -0.00291. The highest BCUT2D eigenvalue weighted by atomic mass is 32.2. The lowest BCUT2D eigenvalue weighted by molar-refractivity contribution is -0.115. The zero-order valence-electron chi connectivity index (χ0n) is 12.8. The zero-order chi connectivity index (χ0) is 16.5. The summed E-state index contributed by atoms with van der Waals surface area (Å²) in [7, 11) is 0. The van der Waals surface area contributed by atoms with E-state index in [0.29, 0.717) is 17.7 Å². The number of carbonyl (C=O) groups excluding carboxylic acids is 1. The molecule has 1 N–H and O–H groups in total. The second-order valence-corrected chi connectivity index (χ2v) is 8.05. The van der Waals surface area contributed by atoms with Gasteiger partial charge in [-0.25, -0.2) is 4.98 Å². The minimum absolute atomic E-state index is 0.00291. The van der Waals surface area contributed by atoms with Gasteiger partial charge in [0.05, 0.1) is 15.1 Å². The number of benzene rings is 2. The van der Waals surface area contributed by atoms with E-state index < -0.39 is 0 Å². The van der Waals surface area contributed by atoms with Crippen LogP contribution in [0.25, 0.3) is 10.2 Å². The monoisotopic (exact) mass is 353 g/mol. The van der Waals surface area contributed by atoms with Crippen LogP contribution in [0.5, 0.6) is 0 Å². The van der Waals surface area contributed by atoms with Crippen molar-refractivity contribution in [2.24, 2.45) is 0 Å². The van der Waals surface area contributed by atoms with E-state index in [0.717, 1.165) is 20.1 Å². The van der Waals surface area contributed by atoms with Gasteiger partial charge in [0.25, 0.3) is 0 Å². The highest BCUT2D eigenvalue weighted by molar-refractivity contribution is 8.05. The molecule has 0 saturated carbocycles. The summed E-state index contributed by atoms with van der Waals surface area (Å²) in [6.45, 7) is 0. The van der Waals surface area contributed by atoms with Crippen LogP contribution in [-0.2, 0) is 4.79 Å². The van der Waals surface area contributed by atoms with E-state index >= 15 is 0 Å². The molecule has 1 unspecified atom stereocenters. The van der Waals surface area contributed by atoms with Crippen molar-refractivity contribution in [3.8, 4) is 0 Å². The standard InChI is InChI=1S/C19H15NO2S2/c21-15-10-13(12-6-2-1-3-7-12)11-16(22)18(15)24-19-20-14-8-4-5-9-17(14)23-19/h1-9,13,21H,10-11H2. The Morgan fingerprint density at radius 2 is 1.79 bits per heavy atom. The van der Waals surface area contributed by atoms with Crippen LogP contribution in [0.15, 0.2) is 69.6 Å². The maximum absolute atomic E-state index is 12.5. The van der Waals surface area contributed by atoms with Gasteiger partial charge in [0, 0.05) is 12.8 Å². The van der Waals surface area contributed by atoms with Crippen LogP contribution in [0.4, 0.5) is 0 Å². The van der Waals surface area contributed by atoms with Gasteiger partial charge in [0.2, 0.25) is 0 Å². The van der Waals surface area contributed by atoms with E-state index in [1.165, 1.54) is 11.8 Å². The Morgan fingerprint density at radius 1 is 1.04 bits per heavy atom. The molecule has 0 saturated heterocycles. The Bertz CT molecular complexity index is 898. The predicted molar refractivity (Wildman–Crippen MR) is 98.6 cm³/mol. The lowest BCUT2D eigenvalue weighted by Gasteiger charge is -2.23. The number of allylic oxidation sites excluding steroid dienone is 2. The first kappa shape index (κ1) is 15.4. The Balaban J connectivity index is 1.59. The van der Waals surface area contributed by atoms with Crippen molar-refractivity contribution < 1.29 is 9.90 Å². The third-order valence-electron chi connectivity index (χ3n) is 4.12. The van der Waals surface area contributed by atoms with Crippen LogP contribution in [0.3, 0.4) is 0 Å². The fraction of sp³-hybridized carbons (Fsp3) is 0.158. The molecule has 0 aliphatic heterocycles. The van der Waals surface area contributed by atoms with E-state index in [1.54, 1.807) is 11.3 Å². The number of aliphatic hydroxyl groups is 1. The van der Waals surface area contributed by atoms with Crippen molar-refractivity contribution in [2.75, 3.05) is 0 Å². The summed E-state index contributed by atoms with van der Waals surface area (Å²) in [5, 5.41) is 10.4. The van der Waals surface area contributed by atoms with Gasteiger partial charge in [0.15, 0.2) is 10.1 Å².